The lowest BCUT2D eigenvalue weighted by Gasteiger charge is -2.25. The van der Waals surface area contributed by atoms with E-state index in [9.17, 15) is 9.59 Å². The first-order chi connectivity index (χ1) is 12.5. The van der Waals surface area contributed by atoms with Crippen LogP contribution < -0.4 is 9.80 Å². The molecule has 1 aliphatic heterocycles. The summed E-state index contributed by atoms with van der Waals surface area (Å²) in [7, 11) is 0. The molecule has 1 aliphatic rings. The second-order valence-corrected chi connectivity index (χ2v) is 7.12. The van der Waals surface area contributed by atoms with Crippen LogP contribution in [0.5, 0.6) is 0 Å². The van der Waals surface area contributed by atoms with E-state index in [0.717, 1.165) is 29.8 Å². The van der Waals surface area contributed by atoms with E-state index in [1.165, 1.54) is 5.56 Å². The maximum Gasteiger partial charge on any atom is 0.231 e. The molecule has 0 fully saturated rings. The van der Waals surface area contributed by atoms with E-state index in [0.29, 0.717) is 19.0 Å². The molecule has 26 heavy (non-hydrogen) atoms. The number of nitrogens with zero attached hydrogens (tertiary/aromatic N) is 2. The van der Waals surface area contributed by atoms with E-state index in [2.05, 4.69) is 38.1 Å². The van der Waals surface area contributed by atoms with Crippen molar-refractivity contribution in [3.8, 4) is 0 Å². The zero-order valence-electron chi connectivity index (χ0n) is 15.7. The fourth-order valence-electron chi connectivity index (χ4n) is 3.42. The van der Waals surface area contributed by atoms with Gasteiger partial charge in [-0.2, -0.15) is 0 Å². The van der Waals surface area contributed by atoms with E-state index in [1.54, 1.807) is 4.90 Å². The van der Waals surface area contributed by atoms with Gasteiger partial charge in [-0.05, 0) is 35.6 Å². The molecule has 0 aliphatic carbocycles. The Morgan fingerprint density at radius 2 is 1.77 bits per heavy atom. The first-order valence-electron chi connectivity index (χ1n) is 9.26. The average Bonchev–Trinajstić information content (AvgIpc) is 2.78. The zero-order chi connectivity index (χ0) is 18.7. The van der Waals surface area contributed by atoms with Crippen LogP contribution in [0.25, 0.3) is 0 Å². The molecule has 0 radical (unpaired) electrons. The highest BCUT2D eigenvalue weighted by atomic mass is 16.2. The van der Waals surface area contributed by atoms with Crippen LogP contribution in [0.15, 0.2) is 48.5 Å². The van der Waals surface area contributed by atoms with Gasteiger partial charge in [0.15, 0.2) is 0 Å². The zero-order valence-corrected chi connectivity index (χ0v) is 15.7. The van der Waals surface area contributed by atoms with Crippen LogP contribution in [-0.2, 0) is 16.1 Å². The molecule has 136 valence electrons. The molecule has 3 rings (SSSR count). The number of carbonyl (C=O) groups is 2. The van der Waals surface area contributed by atoms with Crippen molar-refractivity contribution in [3.63, 3.8) is 0 Å². The monoisotopic (exact) mass is 350 g/mol. The number of amides is 2. The Morgan fingerprint density at radius 1 is 1.12 bits per heavy atom. The number of anilines is 2. The Labute approximate surface area is 155 Å². The highest BCUT2D eigenvalue weighted by Gasteiger charge is 2.30. The Balaban J connectivity index is 1.94. The number of fused-ring (bicyclic) bond motifs is 1. The molecule has 2 unspecified atom stereocenters. The van der Waals surface area contributed by atoms with Gasteiger partial charge in [0.1, 0.15) is 0 Å². The second kappa shape index (κ2) is 7.73. The molecule has 0 spiro atoms. The Bertz CT molecular complexity index is 785. The summed E-state index contributed by atoms with van der Waals surface area (Å²) < 4.78 is 0. The summed E-state index contributed by atoms with van der Waals surface area (Å²) in [5, 5.41) is 0. The minimum atomic E-state index is -0.244. The second-order valence-electron chi connectivity index (χ2n) is 7.12. The summed E-state index contributed by atoms with van der Waals surface area (Å²) in [4.78, 5) is 27.9. The van der Waals surface area contributed by atoms with Crippen LogP contribution in [0.2, 0.25) is 0 Å². The van der Waals surface area contributed by atoms with Gasteiger partial charge in [-0.25, -0.2) is 0 Å². The van der Waals surface area contributed by atoms with Gasteiger partial charge in [0.05, 0.1) is 23.8 Å². The number of para-hydroxylation sites is 2. The van der Waals surface area contributed by atoms with Crippen molar-refractivity contribution >= 4 is 23.7 Å². The lowest BCUT2D eigenvalue weighted by Crippen LogP contribution is -2.36. The smallest absolute Gasteiger partial charge is 0.231 e. The Hall–Kier alpha value is -2.62. The maximum absolute atomic E-state index is 13.0. The molecule has 0 saturated heterocycles. The normalized spacial score (nSPS) is 18.3. The third kappa shape index (κ3) is 3.50. The highest BCUT2D eigenvalue weighted by molar-refractivity contribution is 6.02. The molecule has 0 aromatic heterocycles. The predicted octanol–water partition coefficient (Wildman–Crippen LogP) is 4.35. The van der Waals surface area contributed by atoms with Crippen LogP contribution in [0.3, 0.4) is 0 Å². The van der Waals surface area contributed by atoms with Crippen molar-refractivity contribution in [2.24, 2.45) is 5.92 Å². The first kappa shape index (κ1) is 18.2. The first-order valence-corrected chi connectivity index (χ1v) is 9.26. The summed E-state index contributed by atoms with van der Waals surface area (Å²) in [5.74, 6) is 0.338. The number of benzene rings is 2. The van der Waals surface area contributed by atoms with Gasteiger partial charge in [0, 0.05) is 6.54 Å². The summed E-state index contributed by atoms with van der Waals surface area (Å²) in [6.07, 6.45) is 1.92. The number of carbonyl (C=O) groups excluding carboxylic acids is 2. The SMILES string of the molecule is CCC(C)c1ccc(CN2C(=O)C(C)CN(C=O)c3ccccc32)cc1. The van der Waals surface area contributed by atoms with Gasteiger partial charge >= 0.3 is 0 Å². The van der Waals surface area contributed by atoms with E-state index < -0.39 is 0 Å². The molecule has 2 aromatic carbocycles. The predicted molar refractivity (Wildman–Crippen MR) is 105 cm³/mol. The molecule has 1 heterocycles. The van der Waals surface area contributed by atoms with Gasteiger partial charge in [-0.15, -0.1) is 0 Å². The van der Waals surface area contributed by atoms with Crippen molar-refractivity contribution in [1.82, 2.24) is 0 Å². The summed E-state index contributed by atoms with van der Waals surface area (Å²) >= 11 is 0. The molecule has 4 nitrogen and oxygen atoms in total. The largest absolute Gasteiger partial charge is 0.312 e. The maximum atomic E-state index is 13.0. The van der Waals surface area contributed by atoms with Gasteiger partial charge in [-0.1, -0.05) is 57.2 Å². The van der Waals surface area contributed by atoms with Crippen LogP contribution in [-0.4, -0.2) is 18.9 Å². The van der Waals surface area contributed by atoms with E-state index in [-0.39, 0.29) is 11.8 Å². The van der Waals surface area contributed by atoms with E-state index in [1.807, 2.05) is 36.1 Å². The topological polar surface area (TPSA) is 40.6 Å². The standard InChI is InChI=1S/C22H26N2O2/c1-4-16(2)19-11-9-18(10-12-19)14-24-21-8-6-5-7-20(21)23(15-25)13-17(3)22(24)26/h5-12,15-17H,4,13-14H2,1-3H3. The van der Waals surface area contributed by atoms with Crippen molar-refractivity contribution in [1.29, 1.82) is 0 Å². The summed E-state index contributed by atoms with van der Waals surface area (Å²) in [6.45, 7) is 7.20. The number of hydrogen-bond acceptors (Lipinski definition) is 2. The Morgan fingerprint density at radius 3 is 2.38 bits per heavy atom. The average molecular weight is 350 g/mol. The fraction of sp³-hybridized carbons (Fsp3) is 0.364. The minimum Gasteiger partial charge on any atom is -0.312 e. The van der Waals surface area contributed by atoms with Crippen molar-refractivity contribution < 1.29 is 9.59 Å². The van der Waals surface area contributed by atoms with Gasteiger partial charge in [0.2, 0.25) is 12.3 Å². The van der Waals surface area contributed by atoms with Crippen LogP contribution >= 0.6 is 0 Å². The van der Waals surface area contributed by atoms with Gasteiger partial charge < -0.3 is 9.80 Å². The quantitative estimate of drug-likeness (QED) is 0.753. The third-order valence-corrected chi connectivity index (χ3v) is 5.27. The molecule has 2 atom stereocenters. The van der Waals surface area contributed by atoms with E-state index >= 15 is 0 Å². The summed E-state index contributed by atoms with van der Waals surface area (Å²) in [5.41, 5.74) is 3.99. The number of rotatable bonds is 5. The molecular weight excluding hydrogens is 324 g/mol. The summed E-state index contributed by atoms with van der Waals surface area (Å²) in [6, 6.07) is 16.1. The lowest BCUT2D eigenvalue weighted by molar-refractivity contribution is -0.121. The van der Waals surface area contributed by atoms with E-state index in [4.69, 9.17) is 0 Å². The van der Waals surface area contributed by atoms with Crippen LogP contribution in [0, 0.1) is 5.92 Å². The molecule has 0 saturated carbocycles. The highest BCUT2D eigenvalue weighted by Crippen LogP contribution is 2.34. The van der Waals surface area contributed by atoms with Crippen molar-refractivity contribution in [2.45, 2.75) is 39.7 Å². The van der Waals surface area contributed by atoms with Crippen molar-refractivity contribution in [2.75, 3.05) is 16.3 Å². The minimum absolute atomic E-state index is 0.0489. The number of hydrogen-bond donors (Lipinski definition) is 0. The lowest BCUT2D eigenvalue weighted by atomic mass is 9.97. The van der Waals surface area contributed by atoms with Crippen LogP contribution in [0.1, 0.15) is 44.2 Å². The molecule has 4 heteroatoms. The fourth-order valence-corrected chi connectivity index (χ4v) is 3.42. The van der Waals surface area contributed by atoms with Crippen molar-refractivity contribution in [3.05, 3.63) is 59.7 Å². The molecule has 0 bridgehead atoms. The molecule has 2 aromatic rings. The van der Waals surface area contributed by atoms with Gasteiger partial charge in [0.25, 0.3) is 0 Å². The molecule has 0 N–H and O–H groups in total. The Kier molecular flexibility index (Phi) is 5.40. The van der Waals surface area contributed by atoms with Gasteiger partial charge in [-0.3, -0.25) is 9.59 Å². The molecular formula is C22H26N2O2. The third-order valence-electron chi connectivity index (χ3n) is 5.27. The van der Waals surface area contributed by atoms with Crippen LogP contribution in [0.4, 0.5) is 11.4 Å². The molecule has 2 amide bonds.